The molecule has 2 aromatic rings. The quantitative estimate of drug-likeness (QED) is 0.724. The summed E-state index contributed by atoms with van der Waals surface area (Å²) in [5.41, 5.74) is -1.14. The van der Waals surface area contributed by atoms with Gasteiger partial charge >= 0.3 is 0 Å². The van der Waals surface area contributed by atoms with E-state index in [9.17, 15) is 30.4 Å². The first-order valence-corrected chi connectivity index (χ1v) is 10.1. The number of carbonyl (C=O) groups excluding carboxylic acids is 1. The van der Waals surface area contributed by atoms with Crippen LogP contribution in [0.5, 0.6) is 0 Å². The van der Waals surface area contributed by atoms with Crippen LogP contribution >= 0.6 is 15.9 Å². The fourth-order valence-corrected chi connectivity index (χ4v) is 4.64. The maximum Gasteiger partial charge on any atom is 0.270 e. The van der Waals surface area contributed by atoms with E-state index in [-0.39, 0.29) is 4.47 Å². The Morgan fingerprint density at radius 1 is 1.00 bits per heavy atom. The van der Waals surface area contributed by atoms with Crippen LogP contribution in [0.25, 0.3) is 0 Å². The van der Waals surface area contributed by atoms with E-state index < -0.39 is 52.9 Å². The number of primary sulfonamides is 1. The summed E-state index contributed by atoms with van der Waals surface area (Å²) in [6, 6.07) is 5.73. The molecule has 134 valence electrons. The Morgan fingerprint density at radius 2 is 1.48 bits per heavy atom. The number of benzene rings is 2. The number of sulfonamides is 2. The summed E-state index contributed by atoms with van der Waals surface area (Å²) < 4.78 is 76.4. The molecular formula is C13H9BrF2N2O5S2. The van der Waals surface area contributed by atoms with Crippen molar-refractivity contribution >= 4 is 41.9 Å². The number of rotatable bonds is 4. The van der Waals surface area contributed by atoms with Gasteiger partial charge in [0.1, 0.15) is 27.0 Å². The predicted octanol–water partition coefficient (Wildman–Crippen LogP) is 1.49. The van der Waals surface area contributed by atoms with Crippen molar-refractivity contribution in [3.8, 4) is 0 Å². The molecule has 0 bridgehead atoms. The van der Waals surface area contributed by atoms with Gasteiger partial charge in [0.15, 0.2) is 0 Å². The van der Waals surface area contributed by atoms with E-state index in [1.807, 2.05) is 0 Å². The zero-order chi connectivity index (χ0) is 19.0. The number of carbonyl (C=O) groups is 1. The van der Waals surface area contributed by atoms with Crippen LogP contribution in [0.2, 0.25) is 0 Å². The molecule has 0 fully saturated rings. The van der Waals surface area contributed by atoms with Crippen molar-refractivity contribution in [2.45, 2.75) is 9.79 Å². The van der Waals surface area contributed by atoms with Crippen LogP contribution in [-0.2, 0) is 20.0 Å². The molecule has 0 radical (unpaired) electrons. The van der Waals surface area contributed by atoms with Gasteiger partial charge in [-0.1, -0.05) is 28.1 Å². The Labute approximate surface area is 150 Å². The average molecular weight is 455 g/mol. The van der Waals surface area contributed by atoms with Gasteiger partial charge in [-0.3, -0.25) is 4.79 Å². The van der Waals surface area contributed by atoms with E-state index in [0.717, 1.165) is 24.3 Å². The van der Waals surface area contributed by atoms with Gasteiger partial charge in [-0.2, -0.15) is 0 Å². The van der Waals surface area contributed by atoms with Crippen LogP contribution in [-0.4, -0.2) is 22.7 Å². The highest BCUT2D eigenvalue weighted by Crippen LogP contribution is 2.22. The number of hydrogen-bond donors (Lipinski definition) is 2. The second-order valence-corrected chi connectivity index (χ2v) is 8.77. The summed E-state index contributed by atoms with van der Waals surface area (Å²) in [7, 11) is -9.19. The van der Waals surface area contributed by atoms with Gasteiger partial charge in [-0.15, -0.1) is 0 Å². The van der Waals surface area contributed by atoms with Gasteiger partial charge in [0.25, 0.3) is 15.9 Å². The molecule has 0 atom stereocenters. The molecule has 25 heavy (non-hydrogen) atoms. The van der Waals surface area contributed by atoms with Gasteiger partial charge < -0.3 is 0 Å². The summed E-state index contributed by atoms with van der Waals surface area (Å²) in [4.78, 5) is 10.4. The lowest BCUT2D eigenvalue weighted by molar-refractivity contribution is 0.0973. The van der Waals surface area contributed by atoms with Crippen molar-refractivity contribution in [2.75, 3.05) is 0 Å². The van der Waals surface area contributed by atoms with Gasteiger partial charge in [-0.25, -0.2) is 35.5 Å². The molecule has 2 rings (SSSR count). The summed E-state index contributed by atoms with van der Waals surface area (Å²) in [5, 5.41) is 4.93. The molecule has 0 aromatic heterocycles. The molecule has 0 heterocycles. The van der Waals surface area contributed by atoms with Crippen LogP contribution in [0.1, 0.15) is 10.4 Å². The van der Waals surface area contributed by atoms with Crippen molar-refractivity contribution in [1.29, 1.82) is 0 Å². The zero-order valence-corrected chi connectivity index (χ0v) is 15.3. The molecule has 0 unspecified atom stereocenters. The third-order valence-corrected chi connectivity index (χ3v) is 5.85. The Balaban J connectivity index is 2.50. The summed E-state index contributed by atoms with van der Waals surface area (Å²) in [5.74, 6) is -4.22. The van der Waals surface area contributed by atoms with E-state index in [1.165, 1.54) is 16.9 Å². The number of amides is 1. The first-order chi connectivity index (χ1) is 11.4. The zero-order valence-electron chi connectivity index (χ0n) is 12.0. The van der Waals surface area contributed by atoms with Crippen molar-refractivity contribution in [1.82, 2.24) is 4.72 Å². The van der Waals surface area contributed by atoms with E-state index in [4.69, 9.17) is 5.14 Å². The van der Waals surface area contributed by atoms with Gasteiger partial charge in [0, 0.05) is 4.47 Å². The van der Waals surface area contributed by atoms with Crippen LogP contribution in [0.3, 0.4) is 0 Å². The Morgan fingerprint density at radius 3 is 1.96 bits per heavy atom. The maximum atomic E-state index is 13.8. The minimum absolute atomic E-state index is 0.00137. The highest BCUT2D eigenvalue weighted by Gasteiger charge is 2.28. The summed E-state index contributed by atoms with van der Waals surface area (Å²) in [6.45, 7) is 0. The lowest BCUT2D eigenvalue weighted by atomic mass is 10.2. The fourth-order valence-electron chi connectivity index (χ4n) is 1.89. The minimum Gasteiger partial charge on any atom is -0.268 e. The Kier molecular flexibility index (Phi) is 5.27. The number of nitrogens with two attached hydrogens (primary N) is 1. The monoisotopic (exact) mass is 454 g/mol. The standard InChI is InChI=1S/C13H9BrF2N2O5S2/c14-7-5-8(15)12(9(16)6-7)13(19)18-25(22,23)11-4-2-1-3-10(11)24(17,20)21/h1-6H,(H,18,19)(H2,17,20,21). The lowest BCUT2D eigenvalue weighted by Gasteiger charge is -2.11. The molecule has 2 aromatic carbocycles. The molecule has 0 aliphatic carbocycles. The summed E-state index contributed by atoms with van der Waals surface area (Å²) in [6.07, 6.45) is 0. The average Bonchev–Trinajstić information content (AvgIpc) is 2.44. The van der Waals surface area contributed by atoms with E-state index in [2.05, 4.69) is 15.9 Å². The van der Waals surface area contributed by atoms with Gasteiger partial charge in [0.05, 0.1) is 0 Å². The van der Waals surface area contributed by atoms with Crippen molar-refractivity contribution < 1.29 is 30.4 Å². The SMILES string of the molecule is NS(=O)(=O)c1ccccc1S(=O)(=O)NC(=O)c1c(F)cc(Br)cc1F. The Hall–Kier alpha value is -1.89. The minimum atomic E-state index is -4.77. The van der Waals surface area contributed by atoms with Crippen LogP contribution < -0.4 is 9.86 Å². The second kappa shape index (κ2) is 6.78. The Bertz CT molecular complexity index is 1050. The lowest BCUT2D eigenvalue weighted by Crippen LogP contribution is -2.33. The van der Waals surface area contributed by atoms with Crippen molar-refractivity contribution in [3.63, 3.8) is 0 Å². The second-order valence-electron chi connectivity index (χ2n) is 4.67. The first-order valence-electron chi connectivity index (χ1n) is 6.27. The molecule has 0 saturated carbocycles. The van der Waals surface area contributed by atoms with Crippen LogP contribution in [0.4, 0.5) is 8.78 Å². The highest BCUT2D eigenvalue weighted by atomic mass is 79.9. The number of nitrogens with one attached hydrogen (secondary N) is 1. The molecule has 0 aliphatic rings. The molecule has 1 amide bonds. The number of hydrogen-bond acceptors (Lipinski definition) is 5. The third-order valence-electron chi connectivity index (χ3n) is 2.91. The maximum absolute atomic E-state index is 13.8. The molecule has 3 N–H and O–H groups in total. The molecule has 12 heteroatoms. The van der Waals surface area contributed by atoms with E-state index in [1.54, 1.807) is 0 Å². The van der Waals surface area contributed by atoms with Crippen LogP contribution in [0, 0.1) is 11.6 Å². The van der Waals surface area contributed by atoms with Gasteiger partial charge in [-0.05, 0) is 24.3 Å². The van der Waals surface area contributed by atoms with Crippen molar-refractivity contribution in [3.05, 3.63) is 58.1 Å². The van der Waals surface area contributed by atoms with Gasteiger partial charge in [0.2, 0.25) is 10.0 Å². The topological polar surface area (TPSA) is 123 Å². The normalized spacial score (nSPS) is 12.0. The third kappa shape index (κ3) is 4.21. The summed E-state index contributed by atoms with van der Waals surface area (Å²) >= 11 is 2.82. The van der Waals surface area contributed by atoms with Crippen LogP contribution in [0.15, 0.2) is 50.7 Å². The van der Waals surface area contributed by atoms with E-state index in [0.29, 0.717) is 0 Å². The van der Waals surface area contributed by atoms with E-state index >= 15 is 0 Å². The molecule has 0 saturated heterocycles. The molecule has 0 aliphatic heterocycles. The molecular weight excluding hydrogens is 446 g/mol. The first kappa shape index (κ1) is 19.4. The molecule has 7 nitrogen and oxygen atoms in total. The van der Waals surface area contributed by atoms with Crippen molar-refractivity contribution in [2.24, 2.45) is 5.14 Å². The smallest absolute Gasteiger partial charge is 0.268 e. The fraction of sp³-hybridized carbons (Fsp3) is 0. The number of halogens is 3. The largest absolute Gasteiger partial charge is 0.270 e. The highest BCUT2D eigenvalue weighted by molar-refractivity contribution is 9.10. The molecule has 0 spiro atoms. The predicted molar refractivity (Wildman–Crippen MR) is 86.5 cm³/mol.